The van der Waals surface area contributed by atoms with Crippen LogP contribution in [0, 0.1) is 6.92 Å². The fraction of sp³-hybridized carbons (Fsp3) is 0.333. The molecule has 0 bridgehead atoms. The van der Waals surface area contributed by atoms with Crippen LogP contribution < -0.4 is 9.47 Å². The van der Waals surface area contributed by atoms with Crippen LogP contribution in [0.25, 0.3) is 11.4 Å². The number of ether oxygens (including phenoxy) is 2. The van der Waals surface area contributed by atoms with E-state index in [0.29, 0.717) is 22.5 Å². The van der Waals surface area contributed by atoms with Gasteiger partial charge < -0.3 is 9.47 Å². The molecule has 0 spiro atoms. The molecular weight excluding hydrogens is 356 g/mol. The average Bonchev–Trinajstić information content (AvgIpc) is 2.49. The molecule has 0 aliphatic rings. The number of hydrogen-bond donors (Lipinski definition) is 0. The number of aromatic nitrogens is 2. The highest BCUT2D eigenvalue weighted by Crippen LogP contribution is 2.38. The van der Waals surface area contributed by atoms with E-state index in [2.05, 4.69) is 25.9 Å². The normalized spacial score (nSPS) is 10.6. The molecule has 0 unspecified atom stereocenters. The van der Waals surface area contributed by atoms with Gasteiger partial charge in [-0.1, -0.05) is 18.5 Å². The zero-order valence-electron chi connectivity index (χ0n) is 12.3. The van der Waals surface area contributed by atoms with Gasteiger partial charge >= 0.3 is 0 Å². The van der Waals surface area contributed by atoms with Gasteiger partial charge in [-0.25, -0.2) is 9.97 Å². The zero-order valence-corrected chi connectivity index (χ0v) is 14.7. The second-order valence-electron chi connectivity index (χ2n) is 4.45. The van der Waals surface area contributed by atoms with E-state index < -0.39 is 0 Å². The lowest BCUT2D eigenvalue weighted by atomic mass is 10.1. The summed E-state index contributed by atoms with van der Waals surface area (Å²) in [4.78, 5) is 8.96. The van der Waals surface area contributed by atoms with Crippen molar-refractivity contribution in [1.82, 2.24) is 9.97 Å². The maximum Gasteiger partial charge on any atom is 0.162 e. The number of methoxy groups -OCH3 is 2. The zero-order chi connectivity index (χ0) is 15.6. The minimum Gasteiger partial charge on any atom is -0.493 e. The molecule has 0 aliphatic carbocycles. The Morgan fingerprint density at radius 2 is 1.76 bits per heavy atom. The summed E-state index contributed by atoms with van der Waals surface area (Å²) in [6.45, 7) is 3.97. The van der Waals surface area contributed by atoms with Gasteiger partial charge in [0.25, 0.3) is 0 Å². The largest absolute Gasteiger partial charge is 0.493 e. The molecule has 1 aromatic carbocycles. The van der Waals surface area contributed by atoms with Crippen molar-refractivity contribution in [2.24, 2.45) is 0 Å². The molecule has 4 nitrogen and oxygen atoms in total. The molecule has 0 N–H and O–H groups in total. The topological polar surface area (TPSA) is 44.2 Å². The third-order valence-electron chi connectivity index (χ3n) is 3.24. The van der Waals surface area contributed by atoms with Crippen molar-refractivity contribution in [3.05, 3.63) is 33.0 Å². The lowest BCUT2D eigenvalue weighted by molar-refractivity contribution is 0.355. The van der Waals surface area contributed by atoms with Gasteiger partial charge in [-0.05, 0) is 41.4 Å². The minimum absolute atomic E-state index is 0.471. The number of aryl methyl sites for hydroxylation is 1. The first kappa shape index (κ1) is 16.0. The van der Waals surface area contributed by atoms with Crippen molar-refractivity contribution in [2.75, 3.05) is 14.2 Å². The first-order chi connectivity index (χ1) is 10.0. The Bertz CT molecular complexity index is 677. The molecule has 0 saturated carbocycles. The molecule has 21 heavy (non-hydrogen) atoms. The van der Waals surface area contributed by atoms with Crippen molar-refractivity contribution >= 4 is 27.5 Å². The smallest absolute Gasteiger partial charge is 0.162 e. The molecule has 6 heteroatoms. The number of hydrogen-bond acceptors (Lipinski definition) is 4. The second kappa shape index (κ2) is 6.62. The highest BCUT2D eigenvalue weighted by molar-refractivity contribution is 9.10. The van der Waals surface area contributed by atoms with Crippen molar-refractivity contribution in [2.45, 2.75) is 20.3 Å². The Kier molecular flexibility index (Phi) is 5.06. The molecule has 0 radical (unpaired) electrons. The number of benzene rings is 1. The average molecular weight is 372 g/mol. The van der Waals surface area contributed by atoms with Crippen molar-refractivity contribution in [3.8, 4) is 22.9 Å². The molecular formula is C15H16BrClN2O2. The Balaban J connectivity index is 2.64. The maximum absolute atomic E-state index is 6.21. The van der Waals surface area contributed by atoms with Gasteiger partial charge in [-0.3, -0.25) is 0 Å². The summed E-state index contributed by atoms with van der Waals surface area (Å²) in [5, 5.41) is 0.471. The predicted molar refractivity (Wildman–Crippen MR) is 87.4 cm³/mol. The van der Waals surface area contributed by atoms with Gasteiger partial charge in [0.05, 0.1) is 14.2 Å². The monoisotopic (exact) mass is 370 g/mol. The number of rotatable bonds is 4. The molecule has 0 aliphatic heterocycles. The van der Waals surface area contributed by atoms with Crippen molar-refractivity contribution < 1.29 is 9.47 Å². The lowest BCUT2D eigenvalue weighted by Crippen LogP contribution is -2.01. The van der Waals surface area contributed by atoms with Crippen LogP contribution in [0.2, 0.25) is 5.15 Å². The van der Waals surface area contributed by atoms with Gasteiger partial charge in [-0.15, -0.1) is 0 Å². The maximum atomic E-state index is 6.21. The summed E-state index contributed by atoms with van der Waals surface area (Å²) in [5.41, 5.74) is 2.66. The first-order valence-corrected chi connectivity index (χ1v) is 7.63. The van der Waals surface area contributed by atoms with Gasteiger partial charge in [0.15, 0.2) is 17.3 Å². The van der Waals surface area contributed by atoms with Crippen LogP contribution in [-0.4, -0.2) is 24.2 Å². The summed E-state index contributed by atoms with van der Waals surface area (Å²) >= 11 is 9.73. The van der Waals surface area contributed by atoms with Crippen LogP contribution in [0.1, 0.15) is 18.2 Å². The third-order valence-corrected chi connectivity index (χ3v) is 4.26. The van der Waals surface area contributed by atoms with E-state index in [-0.39, 0.29) is 0 Å². The fourth-order valence-electron chi connectivity index (χ4n) is 2.02. The van der Waals surface area contributed by atoms with E-state index in [0.717, 1.165) is 27.7 Å². The molecule has 0 fully saturated rings. The molecule has 1 aromatic heterocycles. The summed E-state index contributed by atoms with van der Waals surface area (Å²) in [6.07, 6.45) is 0.798. The van der Waals surface area contributed by atoms with Gasteiger partial charge in [0.2, 0.25) is 0 Å². The summed E-state index contributed by atoms with van der Waals surface area (Å²) < 4.78 is 11.4. The van der Waals surface area contributed by atoms with Crippen LogP contribution >= 0.6 is 27.5 Å². The molecule has 0 amide bonds. The van der Waals surface area contributed by atoms with E-state index in [1.54, 1.807) is 14.2 Å². The third kappa shape index (κ3) is 3.14. The lowest BCUT2D eigenvalue weighted by Gasteiger charge is -2.13. The molecule has 2 aromatic rings. The van der Waals surface area contributed by atoms with E-state index in [1.165, 1.54) is 0 Å². The van der Waals surface area contributed by atoms with E-state index >= 15 is 0 Å². The Morgan fingerprint density at radius 1 is 1.14 bits per heavy atom. The van der Waals surface area contributed by atoms with Crippen LogP contribution in [0.4, 0.5) is 0 Å². The van der Waals surface area contributed by atoms with E-state index in [1.807, 2.05) is 26.0 Å². The van der Waals surface area contributed by atoms with Gasteiger partial charge in [-0.2, -0.15) is 0 Å². The van der Waals surface area contributed by atoms with Crippen molar-refractivity contribution in [3.63, 3.8) is 0 Å². The molecule has 112 valence electrons. The summed E-state index contributed by atoms with van der Waals surface area (Å²) in [5.74, 6) is 1.83. The minimum atomic E-state index is 0.471. The second-order valence-corrected chi connectivity index (χ2v) is 5.66. The van der Waals surface area contributed by atoms with Crippen LogP contribution in [0.15, 0.2) is 16.6 Å². The standard InChI is InChI=1S/C15H16BrClN2O2/c1-5-11-8(2)14(17)19-15(18-11)9-6-12(20-3)13(21-4)7-10(9)16/h6-7H,5H2,1-4H3. The predicted octanol–water partition coefficient (Wildman–Crippen LogP) is 4.45. The summed E-state index contributed by atoms with van der Waals surface area (Å²) in [6, 6.07) is 3.67. The van der Waals surface area contributed by atoms with E-state index in [9.17, 15) is 0 Å². The van der Waals surface area contributed by atoms with Gasteiger partial charge in [0.1, 0.15) is 5.15 Å². The van der Waals surface area contributed by atoms with E-state index in [4.69, 9.17) is 21.1 Å². The highest BCUT2D eigenvalue weighted by Gasteiger charge is 2.16. The molecule has 0 atom stereocenters. The number of halogens is 2. The molecule has 0 saturated heterocycles. The van der Waals surface area contributed by atoms with Gasteiger partial charge in [0, 0.05) is 21.3 Å². The SMILES string of the molecule is CCc1nc(-c2cc(OC)c(OC)cc2Br)nc(Cl)c1C. The molecule has 1 heterocycles. The van der Waals surface area contributed by atoms with Crippen LogP contribution in [0.5, 0.6) is 11.5 Å². The Labute approximate surface area is 137 Å². The Morgan fingerprint density at radius 3 is 2.33 bits per heavy atom. The quantitative estimate of drug-likeness (QED) is 0.745. The highest BCUT2D eigenvalue weighted by atomic mass is 79.9. The fourth-order valence-corrected chi connectivity index (χ4v) is 2.71. The Hall–Kier alpha value is -1.33. The number of nitrogens with zero attached hydrogens (tertiary/aromatic N) is 2. The summed E-state index contributed by atoms with van der Waals surface area (Å²) in [7, 11) is 3.19. The molecule has 2 rings (SSSR count). The first-order valence-electron chi connectivity index (χ1n) is 6.46. The van der Waals surface area contributed by atoms with Crippen molar-refractivity contribution in [1.29, 1.82) is 0 Å². The van der Waals surface area contributed by atoms with Crippen LogP contribution in [-0.2, 0) is 6.42 Å². The van der Waals surface area contributed by atoms with Crippen LogP contribution in [0.3, 0.4) is 0 Å².